The normalized spacial score (nSPS) is 11.5. The Morgan fingerprint density at radius 1 is 1.43 bits per heavy atom. The van der Waals surface area contributed by atoms with Crippen molar-refractivity contribution in [1.29, 1.82) is 0 Å². The molecule has 0 unspecified atom stereocenters. The Morgan fingerprint density at radius 3 is 2.90 bits per heavy atom. The summed E-state index contributed by atoms with van der Waals surface area (Å²) in [6.07, 6.45) is 3.93. The van der Waals surface area contributed by atoms with Crippen molar-refractivity contribution in [3.05, 3.63) is 40.9 Å². The lowest BCUT2D eigenvalue weighted by atomic mass is 10.4. The maximum Gasteiger partial charge on any atom is 0.244 e. The van der Waals surface area contributed by atoms with Gasteiger partial charge < -0.3 is 9.73 Å². The smallest absolute Gasteiger partial charge is 0.244 e. The second kappa shape index (κ2) is 7.06. The molecule has 6 nitrogen and oxygen atoms in total. The molecule has 2 aromatic rings. The number of hydrogen-bond donors (Lipinski definition) is 2. The van der Waals surface area contributed by atoms with Crippen molar-refractivity contribution in [2.24, 2.45) is 0 Å². The molecule has 0 amide bonds. The minimum atomic E-state index is -3.68. The zero-order valence-corrected chi connectivity index (χ0v) is 13.9. The summed E-state index contributed by atoms with van der Waals surface area (Å²) in [5.74, 6) is 0.886. The summed E-state index contributed by atoms with van der Waals surface area (Å²) in [6, 6.07) is 4.94. The van der Waals surface area contributed by atoms with E-state index in [1.54, 1.807) is 18.3 Å². The molecule has 0 bridgehead atoms. The number of pyridine rings is 1. The Labute approximate surface area is 132 Å². The van der Waals surface area contributed by atoms with Crippen molar-refractivity contribution in [2.75, 3.05) is 11.9 Å². The molecule has 114 valence electrons. The predicted molar refractivity (Wildman–Crippen MR) is 83.5 cm³/mol. The molecule has 8 heteroatoms. The quantitative estimate of drug-likeness (QED) is 0.779. The fourth-order valence-electron chi connectivity index (χ4n) is 1.66. The highest BCUT2D eigenvalue weighted by Gasteiger charge is 2.20. The Bertz CT molecular complexity index is 687. The van der Waals surface area contributed by atoms with Crippen molar-refractivity contribution in [3.63, 3.8) is 0 Å². The van der Waals surface area contributed by atoms with Crippen molar-refractivity contribution in [1.82, 2.24) is 9.71 Å². The third-order valence-corrected chi connectivity index (χ3v) is 4.52. The Morgan fingerprint density at radius 2 is 2.24 bits per heavy atom. The van der Waals surface area contributed by atoms with Crippen LogP contribution < -0.4 is 10.0 Å². The minimum absolute atomic E-state index is 0.0923. The highest BCUT2D eigenvalue weighted by Crippen LogP contribution is 2.23. The van der Waals surface area contributed by atoms with Crippen LogP contribution in [0.1, 0.15) is 19.1 Å². The highest BCUT2D eigenvalue weighted by molar-refractivity contribution is 9.10. The van der Waals surface area contributed by atoms with Crippen LogP contribution in [0.4, 0.5) is 5.82 Å². The molecule has 0 aliphatic rings. The van der Waals surface area contributed by atoms with Crippen LogP contribution in [-0.4, -0.2) is 19.9 Å². The van der Waals surface area contributed by atoms with Crippen LogP contribution in [-0.2, 0) is 16.6 Å². The van der Waals surface area contributed by atoms with Gasteiger partial charge >= 0.3 is 0 Å². The molecule has 0 saturated carbocycles. The first kappa shape index (κ1) is 16.0. The number of halogens is 1. The van der Waals surface area contributed by atoms with E-state index >= 15 is 0 Å². The van der Waals surface area contributed by atoms with E-state index in [4.69, 9.17) is 4.42 Å². The molecule has 2 N–H and O–H groups in total. The molecule has 0 aliphatic heterocycles. The molecular weight excluding hydrogens is 358 g/mol. The average molecular weight is 374 g/mol. The SMILES string of the molecule is CCCNc1ncc(Br)cc1S(=O)(=O)NCc1ccco1. The molecule has 0 aliphatic carbocycles. The number of sulfonamides is 1. The van der Waals surface area contributed by atoms with Crippen LogP contribution in [0, 0.1) is 0 Å². The maximum atomic E-state index is 12.4. The molecule has 21 heavy (non-hydrogen) atoms. The molecule has 0 fully saturated rings. The second-order valence-electron chi connectivity index (χ2n) is 4.33. The molecule has 2 rings (SSSR count). The second-order valence-corrected chi connectivity index (χ2v) is 6.98. The molecule has 2 heterocycles. The van der Waals surface area contributed by atoms with Crippen LogP contribution in [0.2, 0.25) is 0 Å². The van der Waals surface area contributed by atoms with Crippen molar-refractivity contribution in [2.45, 2.75) is 24.8 Å². The van der Waals surface area contributed by atoms with Crippen molar-refractivity contribution in [3.8, 4) is 0 Å². The molecule has 0 radical (unpaired) electrons. The van der Waals surface area contributed by atoms with Crippen LogP contribution in [0.3, 0.4) is 0 Å². The number of hydrogen-bond acceptors (Lipinski definition) is 5. The van der Waals surface area contributed by atoms with Gasteiger partial charge in [-0.25, -0.2) is 18.1 Å². The summed E-state index contributed by atoms with van der Waals surface area (Å²) < 4.78 is 33.0. The maximum absolute atomic E-state index is 12.4. The lowest BCUT2D eigenvalue weighted by molar-refractivity contribution is 0.498. The standard InChI is InChI=1S/C13H16BrN3O3S/c1-2-5-15-13-12(7-10(14)8-16-13)21(18,19)17-9-11-4-3-6-20-11/h3-4,6-8,17H,2,5,9H2,1H3,(H,15,16). The first-order chi connectivity index (χ1) is 10.0. The number of aromatic nitrogens is 1. The molecular formula is C13H16BrN3O3S. The number of anilines is 1. The van der Waals surface area contributed by atoms with Gasteiger partial charge in [0, 0.05) is 17.2 Å². The molecule has 0 atom stereocenters. The lowest BCUT2D eigenvalue weighted by Crippen LogP contribution is -2.24. The van der Waals surface area contributed by atoms with E-state index < -0.39 is 10.0 Å². The van der Waals surface area contributed by atoms with E-state index in [0.717, 1.165) is 6.42 Å². The van der Waals surface area contributed by atoms with Crippen LogP contribution in [0.25, 0.3) is 0 Å². The predicted octanol–water partition coefficient (Wildman–Crippen LogP) is 2.74. The van der Waals surface area contributed by atoms with Gasteiger partial charge in [0.05, 0.1) is 12.8 Å². The highest BCUT2D eigenvalue weighted by atomic mass is 79.9. The van der Waals surface area contributed by atoms with Gasteiger partial charge in [-0.05, 0) is 40.5 Å². The van der Waals surface area contributed by atoms with E-state index in [9.17, 15) is 8.42 Å². The Balaban J connectivity index is 2.23. The fraction of sp³-hybridized carbons (Fsp3) is 0.308. The minimum Gasteiger partial charge on any atom is -0.468 e. The van der Waals surface area contributed by atoms with Gasteiger partial charge in [0.15, 0.2) is 0 Å². The van der Waals surface area contributed by atoms with Crippen LogP contribution >= 0.6 is 15.9 Å². The molecule has 2 aromatic heterocycles. The first-order valence-corrected chi connectivity index (χ1v) is 8.72. The van der Waals surface area contributed by atoms with E-state index in [0.29, 0.717) is 22.6 Å². The van der Waals surface area contributed by atoms with E-state index in [1.165, 1.54) is 12.3 Å². The van der Waals surface area contributed by atoms with Gasteiger partial charge in [0.25, 0.3) is 0 Å². The third-order valence-electron chi connectivity index (χ3n) is 2.67. The largest absolute Gasteiger partial charge is 0.468 e. The number of rotatable bonds is 7. The summed E-state index contributed by atoms with van der Waals surface area (Å²) in [5, 5.41) is 3.01. The Kier molecular flexibility index (Phi) is 5.38. The van der Waals surface area contributed by atoms with E-state index in [2.05, 4.69) is 31.0 Å². The first-order valence-electron chi connectivity index (χ1n) is 6.44. The van der Waals surface area contributed by atoms with Gasteiger partial charge in [0.1, 0.15) is 16.5 Å². The van der Waals surface area contributed by atoms with Gasteiger partial charge in [-0.1, -0.05) is 6.92 Å². The van der Waals surface area contributed by atoms with Gasteiger partial charge in [-0.15, -0.1) is 0 Å². The topological polar surface area (TPSA) is 84.2 Å². The van der Waals surface area contributed by atoms with Crippen LogP contribution in [0.5, 0.6) is 0 Å². The van der Waals surface area contributed by atoms with Gasteiger partial charge in [-0.3, -0.25) is 0 Å². The summed E-state index contributed by atoms with van der Waals surface area (Å²) in [4.78, 5) is 4.23. The summed E-state index contributed by atoms with van der Waals surface area (Å²) in [5.41, 5.74) is 0. The number of nitrogens with zero attached hydrogens (tertiary/aromatic N) is 1. The van der Waals surface area contributed by atoms with E-state index in [1.807, 2.05) is 6.92 Å². The number of nitrogens with one attached hydrogen (secondary N) is 2. The zero-order chi connectivity index (χ0) is 15.3. The third kappa shape index (κ3) is 4.29. The summed E-state index contributed by atoms with van der Waals surface area (Å²) >= 11 is 3.25. The molecule has 0 aromatic carbocycles. The Hall–Kier alpha value is -1.38. The average Bonchev–Trinajstić information content (AvgIpc) is 2.97. The molecule has 0 saturated heterocycles. The lowest BCUT2D eigenvalue weighted by Gasteiger charge is -2.12. The monoisotopic (exact) mass is 373 g/mol. The van der Waals surface area contributed by atoms with Gasteiger partial charge in [-0.2, -0.15) is 0 Å². The summed E-state index contributed by atoms with van der Waals surface area (Å²) in [7, 11) is -3.68. The van der Waals surface area contributed by atoms with Gasteiger partial charge in [0.2, 0.25) is 10.0 Å². The fourth-order valence-corrected chi connectivity index (χ4v) is 3.29. The van der Waals surface area contributed by atoms with E-state index in [-0.39, 0.29) is 11.4 Å². The summed E-state index contributed by atoms with van der Waals surface area (Å²) in [6.45, 7) is 2.74. The van der Waals surface area contributed by atoms with Crippen molar-refractivity contribution >= 4 is 31.8 Å². The zero-order valence-electron chi connectivity index (χ0n) is 11.5. The molecule has 0 spiro atoms. The van der Waals surface area contributed by atoms with Crippen LogP contribution in [0.15, 0.2) is 44.4 Å². The van der Waals surface area contributed by atoms with Crippen molar-refractivity contribution < 1.29 is 12.8 Å². The number of furan rings is 1.